The quantitative estimate of drug-likeness (QED) is 0.846. The molecule has 2 fully saturated rings. The van der Waals surface area contributed by atoms with Crippen LogP contribution in [-0.4, -0.2) is 25.9 Å². The van der Waals surface area contributed by atoms with Crippen LogP contribution in [-0.2, 0) is 14.8 Å². The average molecular weight is 350 g/mol. The molecule has 0 heterocycles. The first-order chi connectivity index (χ1) is 11.1. The van der Waals surface area contributed by atoms with E-state index in [1.807, 2.05) is 13.8 Å². The fourth-order valence-corrected chi connectivity index (χ4v) is 6.24. The lowest BCUT2D eigenvalue weighted by Gasteiger charge is -2.36. The molecule has 2 saturated carbocycles. The molecule has 1 aromatic rings. The highest BCUT2D eigenvalue weighted by molar-refractivity contribution is 7.92. The van der Waals surface area contributed by atoms with Crippen molar-refractivity contribution in [2.24, 2.45) is 22.5 Å². The monoisotopic (exact) mass is 350 g/mol. The van der Waals surface area contributed by atoms with E-state index in [9.17, 15) is 18.0 Å². The van der Waals surface area contributed by atoms with Crippen molar-refractivity contribution < 1.29 is 18.0 Å². The fourth-order valence-electron chi connectivity index (χ4n) is 4.35. The topological polar surface area (TPSA) is 106 Å². The van der Waals surface area contributed by atoms with Gasteiger partial charge in [-0.05, 0) is 48.4 Å². The number of Topliss-reactive ketones (excluding diaryl/α,β-unsaturated/α-hetero) is 1. The molecule has 0 aromatic heterocycles. The molecule has 1 aromatic carbocycles. The van der Waals surface area contributed by atoms with Crippen molar-refractivity contribution in [3.05, 3.63) is 29.8 Å². The second kappa shape index (κ2) is 5.31. The van der Waals surface area contributed by atoms with Gasteiger partial charge in [-0.2, -0.15) is 0 Å². The van der Waals surface area contributed by atoms with Crippen LogP contribution in [0.4, 0.5) is 5.69 Å². The summed E-state index contributed by atoms with van der Waals surface area (Å²) in [6, 6.07) is 5.92. The van der Waals surface area contributed by atoms with Gasteiger partial charge in [0.2, 0.25) is 15.9 Å². The summed E-state index contributed by atoms with van der Waals surface area (Å²) < 4.78 is 27.8. The number of benzene rings is 1. The lowest BCUT2D eigenvalue weighted by molar-refractivity contribution is -0.128. The summed E-state index contributed by atoms with van der Waals surface area (Å²) >= 11 is 0. The van der Waals surface area contributed by atoms with Crippen LogP contribution in [0.2, 0.25) is 0 Å². The van der Waals surface area contributed by atoms with Crippen LogP contribution in [0.5, 0.6) is 0 Å². The molecule has 7 heteroatoms. The van der Waals surface area contributed by atoms with E-state index in [2.05, 4.69) is 4.72 Å². The Morgan fingerprint density at radius 2 is 1.92 bits per heavy atom. The molecule has 24 heavy (non-hydrogen) atoms. The van der Waals surface area contributed by atoms with E-state index < -0.39 is 21.3 Å². The van der Waals surface area contributed by atoms with Crippen LogP contribution in [0.15, 0.2) is 24.3 Å². The van der Waals surface area contributed by atoms with Gasteiger partial charge in [0.15, 0.2) is 0 Å². The van der Waals surface area contributed by atoms with Crippen LogP contribution in [0.3, 0.4) is 0 Å². The Bertz CT molecular complexity index is 798. The van der Waals surface area contributed by atoms with Crippen molar-refractivity contribution in [3.63, 3.8) is 0 Å². The first-order valence-electron chi connectivity index (χ1n) is 8.01. The highest BCUT2D eigenvalue weighted by Crippen LogP contribution is 2.64. The van der Waals surface area contributed by atoms with Gasteiger partial charge in [-0.25, -0.2) is 8.42 Å². The summed E-state index contributed by atoms with van der Waals surface area (Å²) in [6.45, 7) is 4.01. The van der Waals surface area contributed by atoms with Crippen molar-refractivity contribution in [1.82, 2.24) is 0 Å². The number of carbonyl (C=O) groups is 2. The third-order valence-electron chi connectivity index (χ3n) is 6.02. The molecule has 130 valence electrons. The number of fused-ring (bicyclic) bond motifs is 2. The molecule has 2 bridgehead atoms. The lowest BCUT2D eigenvalue weighted by Crippen LogP contribution is -2.43. The summed E-state index contributed by atoms with van der Waals surface area (Å²) in [5, 5.41) is 0. The van der Waals surface area contributed by atoms with Crippen LogP contribution in [0.25, 0.3) is 0 Å². The van der Waals surface area contributed by atoms with Crippen LogP contribution >= 0.6 is 0 Å². The predicted octanol–water partition coefficient (Wildman–Crippen LogP) is 1.92. The number of anilines is 1. The van der Waals surface area contributed by atoms with Crippen molar-refractivity contribution in [3.8, 4) is 0 Å². The molecule has 6 nitrogen and oxygen atoms in total. The van der Waals surface area contributed by atoms with Crippen LogP contribution in [0.1, 0.15) is 43.5 Å². The molecular formula is C17H22N2O4S. The van der Waals surface area contributed by atoms with E-state index in [-0.39, 0.29) is 22.9 Å². The van der Waals surface area contributed by atoms with E-state index in [4.69, 9.17) is 5.73 Å². The molecular weight excluding hydrogens is 328 g/mol. The first kappa shape index (κ1) is 17.0. The summed E-state index contributed by atoms with van der Waals surface area (Å²) in [5.74, 6) is -0.424. The molecule has 2 atom stereocenters. The minimum absolute atomic E-state index is 0.0678. The van der Waals surface area contributed by atoms with Crippen molar-refractivity contribution in [2.75, 3.05) is 10.5 Å². The average Bonchev–Trinajstić information content (AvgIpc) is 2.81. The summed E-state index contributed by atoms with van der Waals surface area (Å²) in [6.07, 6.45) is 2.02. The maximum atomic E-state index is 12.6. The Morgan fingerprint density at radius 3 is 2.38 bits per heavy atom. The maximum Gasteiger partial charge on any atom is 0.248 e. The van der Waals surface area contributed by atoms with E-state index in [0.29, 0.717) is 24.1 Å². The molecule has 2 aliphatic rings. The summed E-state index contributed by atoms with van der Waals surface area (Å²) in [5.41, 5.74) is 4.74. The Hall–Kier alpha value is -1.89. The van der Waals surface area contributed by atoms with Crippen molar-refractivity contribution >= 4 is 27.4 Å². The molecule has 3 rings (SSSR count). The van der Waals surface area contributed by atoms with Gasteiger partial charge in [0.25, 0.3) is 0 Å². The van der Waals surface area contributed by atoms with E-state index in [1.165, 1.54) is 24.3 Å². The Balaban J connectivity index is 1.81. The zero-order valence-electron chi connectivity index (χ0n) is 13.8. The Kier molecular flexibility index (Phi) is 3.75. The molecule has 1 amide bonds. The molecule has 0 spiro atoms. The van der Waals surface area contributed by atoms with E-state index in [0.717, 1.165) is 6.42 Å². The van der Waals surface area contributed by atoms with Gasteiger partial charge in [0.1, 0.15) is 5.78 Å². The molecule has 0 aliphatic heterocycles. The van der Waals surface area contributed by atoms with Crippen LogP contribution in [0, 0.1) is 16.7 Å². The zero-order chi connectivity index (χ0) is 17.8. The molecule has 0 unspecified atom stereocenters. The Morgan fingerprint density at radius 1 is 1.29 bits per heavy atom. The van der Waals surface area contributed by atoms with Gasteiger partial charge in [-0.1, -0.05) is 13.8 Å². The predicted molar refractivity (Wildman–Crippen MR) is 90.9 cm³/mol. The number of nitrogens with two attached hydrogens (primary N) is 1. The number of hydrogen-bond acceptors (Lipinski definition) is 4. The SMILES string of the molecule is CC1(C)[C@@H]2CC[C@@]1(CS(=O)(=O)Nc1ccc(C(N)=O)cc1)C(=O)C2. The molecule has 3 N–H and O–H groups in total. The van der Waals surface area contributed by atoms with Gasteiger partial charge in [-0.3, -0.25) is 14.3 Å². The summed E-state index contributed by atoms with van der Waals surface area (Å²) in [7, 11) is -3.69. The van der Waals surface area contributed by atoms with Gasteiger partial charge in [0.05, 0.1) is 11.2 Å². The van der Waals surface area contributed by atoms with Crippen molar-refractivity contribution in [1.29, 1.82) is 0 Å². The second-order valence-corrected chi connectivity index (χ2v) is 9.19. The minimum atomic E-state index is -3.69. The van der Waals surface area contributed by atoms with Gasteiger partial charge < -0.3 is 5.73 Å². The largest absolute Gasteiger partial charge is 0.366 e. The van der Waals surface area contributed by atoms with E-state index >= 15 is 0 Å². The standard InChI is InChI=1S/C17H22N2O4S/c1-16(2)12-7-8-17(16,14(20)9-12)10-24(22,23)19-13-5-3-11(4-6-13)15(18)21/h3-6,12,19H,7-10H2,1-2H3,(H2,18,21)/t12-,17-/m1/s1. The highest BCUT2D eigenvalue weighted by atomic mass is 32.2. The fraction of sp³-hybridized carbons (Fsp3) is 0.529. The number of ketones is 1. The number of sulfonamides is 1. The molecule has 2 aliphatic carbocycles. The summed E-state index contributed by atoms with van der Waals surface area (Å²) in [4.78, 5) is 23.5. The van der Waals surface area contributed by atoms with Crippen molar-refractivity contribution in [2.45, 2.75) is 33.1 Å². The number of primary amides is 1. The maximum absolute atomic E-state index is 12.6. The molecule has 0 radical (unpaired) electrons. The lowest BCUT2D eigenvalue weighted by atomic mass is 9.70. The zero-order valence-corrected chi connectivity index (χ0v) is 14.7. The molecule has 0 saturated heterocycles. The van der Waals surface area contributed by atoms with Gasteiger partial charge in [-0.15, -0.1) is 0 Å². The third-order valence-corrected chi connectivity index (χ3v) is 7.44. The number of rotatable bonds is 5. The highest BCUT2D eigenvalue weighted by Gasteiger charge is 2.65. The number of carbonyl (C=O) groups excluding carboxylic acids is 2. The Labute approximate surface area is 141 Å². The smallest absolute Gasteiger partial charge is 0.248 e. The number of nitrogens with one attached hydrogen (secondary N) is 1. The third kappa shape index (κ3) is 2.51. The number of amides is 1. The van der Waals surface area contributed by atoms with Crippen LogP contribution < -0.4 is 10.5 Å². The normalized spacial score (nSPS) is 28.1. The van der Waals surface area contributed by atoms with Gasteiger partial charge >= 0.3 is 0 Å². The second-order valence-electron chi connectivity index (χ2n) is 7.47. The number of hydrogen-bond donors (Lipinski definition) is 2. The van der Waals surface area contributed by atoms with Gasteiger partial charge in [0, 0.05) is 17.7 Å². The van der Waals surface area contributed by atoms with E-state index in [1.54, 1.807) is 0 Å². The minimum Gasteiger partial charge on any atom is -0.366 e. The first-order valence-corrected chi connectivity index (χ1v) is 9.66.